The van der Waals surface area contributed by atoms with Crippen molar-refractivity contribution in [3.63, 3.8) is 0 Å². The summed E-state index contributed by atoms with van der Waals surface area (Å²) in [4.78, 5) is 16.6. The molecule has 9 heteroatoms. The largest absolute Gasteiger partial charge is 0.416 e. The number of aromatic nitrogens is 2. The van der Waals surface area contributed by atoms with E-state index in [1.165, 1.54) is 24.4 Å². The van der Waals surface area contributed by atoms with Gasteiger partial charge in [0.05, 0.1) is 5.56 Å². The lowest BCUT2D eigenvalue weighted by molar-refractivity contribution is -0.137. The lowest BCUT2D eigenvalue weighted by Gasteiger charge is -2.19. The molecule has 3 rings (SSSR count). The number of amides is 2. The Morgan fingerprint density at radius 2 is 1.86 bits per heavy atom. The van der Waals surface area contributed by atoms with Gasteiger partial charge in [0.25, 0.3) is 0 Å². The van der Waals surface area contributed by atoms with Crippen LogP contribution in [-0.2, 0) is 13.2 Å². The second-order valence-electron chi connectivity index (χ2n) is 6.06. The fraction of sp³-hybridized carbons (Fsp3) is 0.158. The predicted molar refractivity (Wildman–Crippen MR) is 95.0 cm³/mol. The maximum atomic E-state index is 13.6. The van der Waals surface area contributed by atoms with Gasteiger partial charge in [-0.25, -0.2) is 14.2 Å². The van der Waals surface area contributed by atoms with E-state index in [2.05, 4.69) is 15.6 Å². The number of imidazole rings is 1. The lowest BCUT2D eigenvalue weighted by Crippen LogP contribution is -2.34. The van der Waals surface area contributed by atoms with E-state index >= 15 is 0 Å². The lowest BCUT2D eigenvalue weighted by atomic mass is 10.1. The van der Waals surface area contributed by atoms with Gasteiger partial charge in [0.2, 0.25) is 0 Å². The molecule has 28 heavy (non-hydrogen) atoms. The average Bonchev–Trinajstić information content (AvgIpc) is 3.05. The summed E-state index contributed by atoms with van der Waals surface area (Å²) in [5.41, 5.74) is -0.163. The van der Waals surface area contributed by atoms with Crippen LogP contribution in [0, 0.1) is 5.82 Å². The number of carbonyl (C=O) groups excluding carboxylic acids is 1. The number of aryl methyl sites for hydroxylation is 1. The van der Waals surface area contributed by atoms with Crippen LogP contribution in [0.3, 0.4) is 0 Å². The molecule has 2 N–H and O–H groups in total. The van der Waals surface area contributed by atoms with Crippen LogP contribution in [0.1, 0.15) is 23.0 Å². The zero-order valence-electron chi connectivity index (χ0n) is 14.7. The Morgan fingerprint density at radius 3 is 2.43 bits per heavy atom. The zero-order chi connectivity index (χ0) is 20.3. The van der Waals surface area contributed by atoms with Gasteiger partial charge in [-0.15, -0.1) is 0 Å². The molecule has 1 heterocycles. The summed E-state index contributed by atoms with van der Waals surface area (Å²) in [6.07, 6.45) is -1.24. The van der Waals surface area contributed by atoms with E-state index in [4.69, 9.17) is 0 Å². The first kappa shape index (κ1) is 19.4. The summed E-state index contributed by atoms with van der Waals surface area (Å²) in [7, 11) is 1.73. The van der Waals surface area contributed by atoms with E-state index in [0.717, 1.165) is 24.3 Å². The Labute approximate surface area is 158 Å². The summed E-state index contributed by atoms with van der Waals surface area (Å²) in [5, 5.41) is 5.14. The van der Waals surface area contributed by atoms with E-state index in [9.17, 15) is 22.4 Å². The maximum absolute atomic E-state index is 13.6. The van der Waals surface area contributed by atoms with E-state index in [0.29, 0.717) is 11.4 Å². The van der Waals surface area contributed by atoms with Gasteiger partial charge >= 0.3 is 12.2 Å². The molecule has 2 aromatic carbocycles. The Bertz CT molecular complexity index is 967. The van der Waals surface area contributed by atoms with E-state index in [1.807, 2.05) is 0 Å². The van der Waals surface area contributed by atoms with Crippen molar-refractivity contribution in [2.75, 3.05) is 5.32 Å². The van der Waals surface area contributed by atoms with Gasteiger partial charge in [0.1, 0.15) is 17.7 Å². The summed E-state index contributed by atoms with van der Waals surface area (Å²) in [5.74, 6) is -0.00479. The molecule has 0 bridgehead atoms. The fourth-order valence-corrected chi connectivity index (χ4v) is 2.68. The van der Waals surface area contributed by atoms with E-state index < -0.39 is 29.6 Å². The summed E-state index contributed by atoms with van der Waals surface area (Å²) < 4.78 is 53.2. The van der Waals surface area contributed by atoms with Gasteiger partial charge in [-0.3, -0.25) is 0 Å². The third kappa shape index (κ3) is 4.48. The Hall–Kier alpha value is -3.36. The molecule has 0 spiro atoms. The van der Waals surface area contributed by atoms with Crippen LogP contribution in [0.4, 0.5) is 28.0 Å². The van der Waals surface area contributed by atoms with Crippen LogP contribution in [0.25, 0.3) is 0 Å². The molecule has 2 amide bonds. The molecule has 1 unspecified atom stereocenters. The van der Waals surface area contributed by atoms with Crippen LogP contribution >= 0.6 is 0 Å². The fourth-order valence-electron chi connectivity index (χ4n) is 2.68. The van der Waals surface area contributed by atoms with Gasteiger partial charge in [-0.2, -0.15) is 13.2 Å². The normalized spacial score (nSPS) is 12.5. The Kier molecular flexibility index (Phi) is 5.34. The highest BCUT2D eigenvalue weighted by Crippen LogP contribution is 2.30. The van der Waals surface area contributed by atoms with Crippen molar-refractivity contribution in [1.29, 1.82) is 0 Å². The highest BCUT2D eigenvalue weighted by molar-refractivity contribution is 5.89. The number of carbonyl (C=O) groups is 1. The molecule has 1 atom stereocenters. The van der Waals surface area contributed by atoms with Crippen molar-refractivity contribution in [3.05, 3.63) is 83.7 Å². The minimum absolute atomic E-state index is 0.184. The van der Waals surface area contributed by atoms with Crippen molar-refractivity contribution in [3.8, 4) is 0 Å². The second-order valence-corrected chi connectivity index (χ2v) is 6.06. The summed E-state index contributed by atoms with van der Waals surface area (Å²) >= 11 is 0. The first-order valence-electron chi connectivity index (χ1n) is 8.21. The predicted octanol–water partition coefficient (Wildman–Crippen LogP) is 4.49. The number of anilines is 1. The van der Waals surface area contributed by atoms with Gasteiger partial charge in [0, 0.05) is 25.1 Å². The Morgan fingerprint density at radius 1 is 1.14 bits per heavy atom. The van der Waals surface area contributed by atoms with Crippen molar-refractivity contribution >= 4 is 11.7 Å². The highest BCUT2D eigenvalue weighted by Gasteiger charge is 2.30. The molecule has 3 aromatic rings. The number of halogens is 4. The average molecular weight is 392 g/mol. The Balaban J connectivity index is 1.79. The smallest absolute Gasteiger partial charge is 0.336 e. The molecular weight excluding hydrogens is 376 g/mol. The zero-order valence-corrected chi connectivity index (χ0v) is 14.7. The second kappa shape index (κ2) is 7.71. The first-order valence-corrected chi connectivity index (χ1v) is 8.21. The minimum atomic E-state index is -4.46. The maximum Gasteiger partial charge on any atom is 0.416 e. The molecule has 0 aliphatic heterocycles. The third-order valence-electron chi connectivity index (χ3n) is 4.04. The number of hydrogen-bond acceptors (Lipinski definition) is 2. The SMILES string of the molecule is Cn1ccnc1C(NC(=O)Nc1ccc(C(F)(F)F)cc1)c1cccc(F)c1. The van der Waals surface area contributed by atoms with E-state index in [1.54, 1.807) is 23.9 Å². The molecule has 1 aromatic heterocycles. The van der Waals surface area contributed by atoms with Crippen molar-refractivity contribution in [2.45, 2.75) is 12.2 Å². The third-order valence-corrected chi connectivity index (χ3v) is 4.04. The first-order chi connectivity index (χ1) is 13.2. The molecule has 0 saturated heterocycles. The number of rotatable bonds is 4. The van der Waals surface area contributed by atoms with Gasteiger partial charge < -0.3 is 15.2 Å². The molecule has 146 valence electrons. The van der Waals surface area contributed by atoms with Gasteiger partial charge in [-0.05, 0) is 42.0 Å². The number of nitrogens with zero attached hydrogens (tertiary/aromatic N) is 2. The summed E-state index contributed by atoms with van der Waals surface area (Å²) in [6, 6.07) is 8.33. The van der Waals surface area contributed by atoms with Crippen LogP contribution in [0.15, 0.2) is 60.9 Å². The van der Waals surface area contributed by atoms with Crippen molar-refractivity contribution < 1.29 is 22.4 Å². The van der Waals surface area contributed by atoms with Gasteiger partial charge in [0.15, 0.2) is 0 Å². The monoisotopic (exact) mass is 392 g/mol. The number of benzene rings is 2. The minimum Gasteiger partial charge on any atom is -0.336 e. The molecule has 0 aliphatic carbocycles. The van der Waals surface area contributed by atoms with Gasteiger partial charge in [-0.1, -0.05) is 12.1 Å². The molecule has 0 aliphatic rings. The van der Waals surface area contributed by atoms with Crippen LogP contribution < -0.4 is 10.6 Å². The standard InChI is InChI=1S/C19H16F4N4O/c1-27-10-9-24-17(27)16(12-3-2-4-14(20)11-12)26-18(28)25-15-7-5-13(6-8-15)19(21,22)23/h2-11,16H,1H3,(H2,25,26,28). The molecule has 5 nitrogen and oxygen atoms in total. The van der Waals surface area contributed by atoms with E-state index in [-0.39, 0.29) is 5.69 Å². The summed E-state index contributed by atoms with van der Waals surface area (Å²) in [6.45, 7) is 0. The number of nitrogens with one attached hydrogen (secondary N) is 2. The molecule has 0 radical (unpaired) electrons. The van der Waals surface area contributed by atoms with Crippen molar-refractivity contribution in [1.82, 2.24) is 14.9 Å². The van der Waals surface area contributed by atoms with Crippen LogP contribution in [0.2, 0.25) is 0 Å². The number of hydrogen-bond donors (Lipinski definition) is 2. The highest BCUT2D eigenvalue weighted by atomic mass is 19.4. The van der Waals surface area contributed by atoms with Crippen LogP contribution in [0.5, 0.6) is 0 Å². The topological polar surface area (TPSA) is 59.0 Å². The molecule has 0 saturated carbocycles. The quantitative estimate of drug-likeness (QED) is 0.643. The molecule has 0 fully saturated rings. The number of alkyl halides is 3. The molecular formula is C19H16F4N4O. The van der Waals surface area contributed by atoms with Crippen LogP contribution in [-0.4, -0.2) is 15.6 Å². The number of urea groups is 1. The van der Waals surface area contributed by atoms with Crippen molar-refractivity contribution in [2.24, 2.45) is 7.05 Å².